The number of hydrogen-bond donors (Lipinski definition) is 0. The van der Waals surface area contributed by atoms with Crippen LogP contribution in [0.3, 0.4) is 0 Å². The molecule has 168 valence electrons. The topological polar surface area (TPSA) is 66.9 Å². The molecule has 0 aromatic heterocycles. The van der Waals surface area contributed by atoms with Crippen LogP contribution in [0.15, 0.2) is 29.2 Å². The average molecular weight is 449 g/mol. The van der Waals surface area contributed by atoms with Crippen molar-refractivity contribution >= 4 is 15.9 Å². The summed E-state index contributed by atoms with van der Waals surface area (Å²) in [5.74, 6) is -1.78. The Kier molecular flexibility index (Phi) is 6.96. The van der Waals surface area contributed by atoms with Crippen LogP contribution in [0.25, 0.3) is 0 Å². The van der Waals surface area contributed by atoms with Gasteiger partial charge in [-0.2, -0.15) is 17.5 Å². The number of halogens is 3. The molecular formula is C20H27F3N2O4S. The lowest BCUT2D eigenvalue weighted by Crippen LogP contribution is -2.52. The van der Waals surface area contributed by atoms with Crippen molar-refractivity contribution in [2.24, 2.45) is 11.8 Å². The molecule has 1 aromatic carbocycles. The third-order valence-electron chi connectivity index (χ3n) is 5.81. The Hall–Kier alpha value is -1.81. The summed E-state index contributed by atoms with van der Waals surface area (Å²) in [4.78, 5) is 14.4. The van der Waals surface area contributed by atoms with Crippen LogP contribution in [0, 0.1) is 11.8 Å². The van der Waals surface area contributed by atoms with Gasteiger partial charge in [-0.3, -0.25) is 4.79 Å². The lowest BCUT2D eigenvalue weighted by molar-refractivity contribution is -0.187. The first-order valence-electron chi connectivity index (χ1n) is 10.2. The quantitative estimate of drug-likeness (QED) is 0.693. The zero-order valence-corrected chi connectivity index (χ0v) is 17.7. The average Bonchev–Trinajstić information content (AvgIpc) is 2.73. The number of alkyl halides is 3. The minimum absolute atomic E-state index is 0.0708. The van der Waals surface area contributed by atoms with E-state index in [4.69, 9.17) is 4.74 Å². The molecule has 30 heavy (non-hydrogen) atoms. The van der Waals surface area contributed by atoms with E-state index in [1.165, 1.54) is 21.3 Å². The molecule has 3 rings (SSSR count). The van der Waals surface area contributed by atoms with E-state index < -0.39 is 28.0 Å². The highest BCUT2D eigenvalue weighted by atomic mass is 32.2. The normalized spacial score (nSPS) is 23.9. The Labute approximate surface area is 175 Å². The molecule has 1 saturated carbocycles. The van der Waals surface area contributed by atoms with E-state index in [2.05, 4.69) is 0 Å². The van der Waals surface area contributed by atoms with E-state index in [1.54, 1.807) is 12.1 Å². The van der Waals surface area contributed by atoms with Gasteiger partial charge in [-0.05, 0) is 50.5 Å². The third-order valence-corrected chi connectivity index (χ3v) is 7.72. The zero-order valence-electron chi connectivity index (χ0n) is 16.9. The van der Waals surface area contributed by atoms with Gasteiger partial charge < -0.3 is 9.64 Å². The number of carbonyl (C=O) groups excluding carboxylic acids is 1. The van der Waals surface area contributed by atoms with E-state index in [-0.39, 0.29) is 49.8 Å². The lowest BCUT2D eigenvalue weighted by atomic mass is 9.80. The predicted octanol–water partition coefficient (Wildman–Crippen LogP) is 3.29. The monoisotopic (exact) mass is 448 g/mol. The highest BCUT2D eigenvalue weighted by molar-refractivity contribution is 7.89. The number of benzene rings is 1. The van der Waals surface area contributed by atoms with Crippen molar-refractivity contribution in [3.05, 3.63) is 24.3 Å². The first-order valence-corrected chi connectivity index (χ1v) is 11.7. The maximum Gasteiger partial charge on any atom is 0.391 e. The Morgan fingerprint density at radius 2 is 1.73 bits per heavy atom. The Balaban J connectivity index is 1.59. The fraction of sp³-hybridized carbons (Fsp3) is 0.650. The van der Waals surface area contributed by atoms with Gasteiger partial charge in [0.1, 0.15) is 5.75 Å². The van der Waals surface area contributed by atoms with Gasteiger partial charge in [-0.1, -0.05) is 6.42 Å². The molecule has 2 fully saturated rings. The largest absolute Gasteiger partial charge is 0.494 e. The van der Waals surface area contributed by atoms with Crippen LogP contribution in [-0.2, 0) is 14.8 Å². The molecule has 1 heterocycles. The van der Waals surface area contributed by atoms with Crippen LogP contribution >= 0.6 is 0 Å². The number of carbonyl (C=O) groups is 1. The summed E-state index contributed by atoms with van der Waals surface area (Å²) in [7, 11) is -3.70. The van der Waals surface area contributed by atoms with E-state index in [1.807, 2.05) is 6.92 Å². The number of rotatable bonds is 5. The number of nitrogens with zero attached hydrogens (tertiary/aromatic N) is 2. The molecule has 10 heteroatoms. The molecular weight excluding hydrogens is 421 g/mol. The van der Waals surface area contributed by atoms with Crippen molar-refractivity contribution in [2.75, 3.05) is 32.8 Å². The van der Waals surface area contributed by atoms with E-state index in [0.29, 0.717) is 25.2 Å². The maximum atomic E-state index is 13.0. The lowest BCUT2D eigenvalue weighted by Gasteiger charge is -2.38. The van der Waals surface area contributed by atoms with Crippen LogP contribution in [0.5, 0.6) is 5.75 Å². The Bertz CT molecular complexity index is 835. The number of hydrogen-bond acceptors (Lipinski definition) is 4. The second-order valence-electron chi connectivity index (χ2n) is 7.74. The summed E-state index contributed by atoms with van der Waals surface area (Å²) in [5, 5.41) is 0. The zero-order chi connectivity index (χ0) is 21.9. The molecule has 6 nitrogen and oxygen atoms in total. The van der Waals surface area contributed by atoms with Gasteiger partial charge in [0.05, 0.1) is 17.4 Å². The van der Waals surface area contributed by atoms with E-state index >= 15 is 0 Å². The summed E-state index contributed by atoms with van der Waals surface area (Å²) < 4.78 is 71.4. The van der Waals surface area contributed by atoms with E-state index in [0.717, 1.165) is 0 Å². The Morgan fingerprint density at radius 3 is 2.30 bits per heavy atom. The SMILES string of the molecule is CCOc1ccc(S(=O)(=O)N2CCN(C(=O)C3CCCC(C(F)(F)F)C3)CC2)cc1. The molecule has 1 aliphatic heterocycles. The molecule has 0 spiro atoms. The van der Waals surface area contributed by atoms with Crippen molar-refractivity contribution in [3.63, 3.8) is 0 Å². The first kappa shape index (κ1) is 22.9. The predicted molar refractivity (Wildman–Crippen MR) is 104 cm³/mol. The van der Waals surface area contributed by atoms with Crippen LogP contribution in [0.4, 0.5) is 13.2 Å². The summed E-state index contributed by atoms with van der Waals surface area (Å²) in [6, 6.07) is 6.15. The summed E-state index contributed by atoms with van der Waals surface area (Å²) in [6.07, 6.45) is -3.54. The van der Waals surface area contributed by atoms with Crippen molar-refractivity contribution < 1.29 is 31.1 Å². The van der Waals surface area contributed by atoms with Gasteiger partial charge in [0.25, 0.3) is 0 Å². The van der Waals surface area contributed by atoms with Crippen molar-refractivity contribution in [1.82, 2.24) is 9.21 Å². The Morgan fingerprint density at radius 1 is 1.10 bits per heavy atom. The van der Waals surface area contributed by atoms with Gasteiger partial charge in [0, 0.05) is 32.1 Å². The van der Waals surface area contributed by atoms with Gasteiger partial charge >= 0.3 is 6.18 Å². The van der Waals surface area contributed by atoms with E-state index in [9.17, 15) is 26.4 Å². The first-order chi connectivity index (χ1) is 14.1. The summed E-state index contributed by atoms with van der Waals surface area (Å²) in [6.45, 7) is 2.92. The molecule has 2 aliphatic rings. The van der Waals surface area contributed by atoms with Crippen LogP contribution in [0.1, 0.15) is 32.6 Å². The maximum absolute atomic E-state index is 13.0. The highest BCUT2D eigenvalue weighted by Gasteiger charge is 2.44. The molecule has 2 atom stereocenters. The fourth-order valence-corrected chi connectivity index (χ4v) is 5.56. The highest BCUT2D eigenvalue weighted by Crippen LogP contribution is 2.40. The minimum Gasteiger partial charge on any atom is -0.494 e. The standard InChI is InChI=1S/C20H27F3N2O4S/c1-2-29-17-6-8-18(9-7-17)30(27,28)25-12-10-24(11-13-25)19(26)15-4-3-5-16(14-15)20(21,22)23/h6-9,15-16H,2-5,10-14H2,1H3. The minimum atomic E-state index is -4.27. The second-order valence-corrected chi connectivity index (χ2v) is 9.67. The molecule has 0 radical (unpaired) electrons. The van der Waals surface area contributed by atoms with Crippen LogP contribution < -0.4 is 4.74 Å². The molecule has 0 N–H and O–H groups in total. The van der Waals surface area contributed by atoms with Crippen molar-refractivity contribution in [3.8, 4) is 5.75 Å². The third kappa shape index (κ3) is 5.08. The van der Waals surface area contributed by atoms with Crippen molar-refractivity contribution in [2.45, 2.75) is 43.7 Å². The van der Waals surface area contributed by atoms with Crippen molar-refractivity contribution in [1.29, 1.82) is 0 Å². The van der Waals surface area contributed by atoms with Crippen LogP contribution in [0.2, 0.25) is 0 Å². The van der Waals surface area contributed by atoms with Gasteiger partial charge in [-0.15, -0.1) is 0 Å². The number of sulfonamides is 1. The molecule has 0 bridgehead atoms. The fourth-order valence-electron chi connectivity index (χ4n) is 4.14. The molecule has 2 unspecified atom stereocenters. The number of piperazine rings is 1. The molecule has 1 saturated heterocycles. The molecule has 1 aromatic rings. The molecule has 1 aliphatic carbocycles. The van der Waals surface area contributed by atoms with Gasteiger partial charge in [-0.25, -0.2) is 8.42 Å². The van der Waals surface area contributed by atoms with Gasteiger partial charge in [0.2, 0.25) is 15.9 Å². The smallest absolute Gasteiger partial charge is 0.391 e. The van der Waals surface area contributed by atoms with Gasteiger partial charge in [0.15, 0.2) is 0 Å². The summed E-state index contributed by atoms with van der Waals surface area (Å²) >= 11 is 0. The molecule has 1 amide bonds. The summed E-state index contributed by atoms with van der Waals surface area (Å²) in [5.41, 5.74) is 0. The van der Waals surface area contributed by atoms with Crippen LogP contribution in [-0.4, -0.2) is 62.5 Å². The second kappa shape index (κ2) is 9.13. The number of amides is 1. The number of ether oxygens (including phenoxy) is 1.